The molecule has 0 saturated heterocycles. The minimum absolute atomic E-state index is 0.169. The quantitative estimate of drug-likeness (QED) is 0.837. The second-order valence-corrected chi connectivity index (χ2v) is 5.88. The molecule has 2 rings (SSSR count). The summed E-state index contributed by atoms with van der Waals surface area (Å²) in [5, 5.41) is 10.1. The summed E-state index contributed by atoms with van der Waals surface area (Å²) in [5.74, 6) is 0. The number of benzene rings is 2. The summed E-state index contributed by atoms with van der Waals surface area (Å²) in [7, 11) is 3.05. The van der Waals surface area contributed by atoms with E-state index in [4.69, 9.17) is 4.74 Å². The zero-order valence-corrected chi connectivity index (χ0v) is 14.3. The van der Waals surface area contributed by atoms with E-state index in [1.807, 2.05) is 67.6 Å². The third kappa shape index (κ3) is 3.41. The molecule has 0 heterocycles. The van der Waals surface area contributed by atoms with Crippen LogP contribution in [0.5, 0.6) is 0 Å². The molecule has 0 N–H and O–H groups in total. The lowest BCUT2D eigenvalue weighted by molar-refractivity contribution is 0.116. The zero-order valence-electron chi connectivity index (χ0n) is 14.3. The predicted octanol–water partition coefficient (Wildman–Crippen LogP) is 3.97. The molecular weight excluding hydrogens is 300 g/mol. The number of rotatable bonds is 5. The first-order chi connectivity index (χ1) is 11.5. The van der Waals surface area contributed by atoms with E-state index in [9.17, 15) is 10.1 Å². The number of nitrogens with zero attached hydrogens (tertiary/aromatic N) is 2. The first kappa shape index (κ1) is 17.6. The minimum Gasteiger partial charge on any atom is -0.453 e. The standard InChI is InChI=1S/C20H22N2O2/c1-16(22(2)19(23)24-3)14-20(15-21,17-10-6-4-7-11-17)18-12-8-5-9-13-18/h4-13,16H,14H2,1-3H3. The Morgan fingerprint density at radius 2 is 1.58 bits per heavy atom. The van der Waals surface area contributed by atoms with Crippen LogP contribution in [0.4, 0.5) is 4.79 Å². The van der Waals surface area contributed by atoms with Crippen molar-refractivity contribution in [1.29, 1.82) is 5.26 Å². The molecule has 4 nitrogen and oxygen atoms in total. The Labute approximate surface area is 143 Å². The largest absolute Gasteiger partial charge is 0.453 e. The van der Waals surface area contributed by atoms with E-state index < -0.39 is 11.5 Å². The fraction of sp³-hybridized carbons (Fsp3) is 0.300. The van der Waals surface area contributed by atoms with Crippen molar-refractivity contribution in [3.05, 3.63) is 71.8 Å². The summed E-state index contributed by atoms with van der Waals surface area (Å²) in [6.07, 6.45) is 0.0683. The highest BCUT2D eigenvalue weighted by atomic mass is 16.5. The van der Waals surface area contributed by atoms with Gasteiger partial charge in [-0.2, -0.15) is 5.26 Å². The van der Waals surface area contributed by atoms with Crippen LogP contribution in [-0.2, 0) is 10.2 Å². The van der Waals surface area contributed by atoms with Crippen molar-refractivity contribution in [2.45, 2.75) is 24.8 Å². The second-order valence-electron chi connectivity index (χ2n) is 5.88. The van der Waals surface area contributed by atoms with E-state index in [1.54, 1.807) is 7.05 Å². The van der Waals surface area contributed by atoms with E-state index in [0.29, 0.717) is 6.42 Å². The molecule has 0 saturated carbocycles. The Hall–Kier alpha value is -2.80. The molecule has 1 amide bonds. The molecule has 0 radical (unpaired) electrons. The molecule has 0 bridgehead atoms. The van der Waals surface area contributed by atoms with Crippen LogP contribution >= 0.6 is 0 Å². The number of hydrogen-bond donors (Lipinski definition) is 0. The SMILES string of the molecule is COC(=O)N(C)C(C)CC(C#N)(c1ccccc1)c1ccccc1. The Morgan fingerprint density at radius 3 is 1.96 bits per heavy atom. The van der Waals surface area contributed by atoms with Crippen molar-refractivity contribution in [3.63, 3.8) is 0 Å². The molecule has 1 atom stereocenters. The molecule has 24 heavy (non-hydrogen) atoms. The molecule has 0 aliphatic rings. The van der Waals surface area contributed by atoms with Gasteiger partial charge in [-0.3, -0.25) is 0 Å². The summed E-state index contributed by atoms with van der Waals surface area (Å²) in [5.41, 5.74) is 1.01. The van der Waals surface area contributed by atoms with Gasteiger partial charge >= 0.3 is 6.09 Å². The fourth-order valence-corrected chi connectivity index (χ4v) is 2.93. The van der Waals surface area contributed by atoms with Crippen molar-refractivity contribution < 1.29 is 9.53 Å². The summed E-state index contributed by atoms with van der Waals surface area (Å²) in [6.45, 7) is 1.93. The Morgan fingerprint density at radius 1 is 1.12 bits per heavy atom. The number of hydrogen-bond acceptors (Lipinski definition) is 3. The summed E-state index contributed by atoms with van der Waals surface area (Å²) >= 11 is 0. The van der Waals surface area contributed by atoms with Gasteiger partial charge in [0.05, 0.1) is 13.2 Å². The highest BCUT2D eigenvalue weighted by Crippen LogP contribution is 2.37. The van der Waals surface area contributed by atoms with Gasteiger partial charge in [-0.25, -0.2) is 4.79 Å². The number of ether oxygens (including phenoxy) is 1. The molecule has 4 heteroatoms. The molecule has 0 aliphatic heterocycles. The van der Waals surface area contributed by atoms with Crippen molar-refractivity contribution in [1.82, 2.24) is 4.90 Å². The van der Waals surface area contributed by atoms with Gasteiger partial charge in [-0.05, 0) is 24.5 Å². The van der Waals surface area contributed by atoms with Crippen molar-refractivity contribution in [2.75, 3.05) is 14.2 Å². The fourth-order valence-electron chi connectivity index (χ4n) is 2.93. The number of carbonyl (C=O) groups is 1. The third-order valence-corrected chi connectivity index (χ3v) is 4.45. The maximum Gasteiger partial charge on any atom is 0.409 e. The highest BCUT2D eigenvalue weighted by molar-refractivity contribution is 5.67. The summed E-state index contributed by atoms with van der Waals surface area (Å²) < 4.78 is 4.80. The van der Waals surface area contributed by atoms with E-state index >= 15 is 0 Å². The lowest BCUT2D eigenvalue weighted by Crippen LogP contribution is -2.40. The van der Waals surface area contributed by atoms with E-state index in [2.05, 4.69) is 6.07 Å². The number of carbonyl (C=O) groups excluding carboxylic acids is 1. The average Bonchev–Trinajstić information content (AvgIpc) is 2.66. The van der Waals surface area contributed by atoms with E-state index in [-0.39, 0.29) is 6.04 Å². The first-order valence-corrected chi connectivity index (χ1v) is 7.88. The summed E-state index contributed by atoms with van der Waals surface area (Å²) in [4.78, 5) is 13.3. The van der Waals surface area contributed by atoms with Gasteiger partial charge in [-0.15, -0.1) is 0 Å². The highest BCUT2D eigenvalue weighted by Gasteiger charge is 2.37. The molecule has 0 aliphatic carbocycles. The van der Waals surface area contributed by atoms with Crippen LogP contribution in [0.25, 0.3) is 0 Å². The molecule has 0 spiro atoms. The summed E-state index contributed by atoms with van der Waals surface area (Å²) in [6, 6.07) is 21.8. The second kappa shape index (κ2) is 7.65. The Kier molecular flexibility index (Phi) is 5.59. The van der Waals surface area contributed by atoms with Crippen molar-refractivity contribution in [3.8, 4) is 6.07 Å². The topological polar surface area (TPSA) is 53.3 Å². The minimum atomic E-state index is -0.829. The zero-order chi connectivity index (χ0) is 17.6. The Bertz CT molecular complexity index is 668. The molecule has 1 unspecified atom stereocenters. The van der Waals surface area contributed by atoms with Gasteiger partial charge in [0.15, 0.2) is 0 Å². The predicted molar refractivity (Wildman–Crippen MR) is 93.5 cm³/mol. The molecule has 124 valence electrons. The van der Waals surface area contributed by atoms with E-state index in [1.165, 1.54) is 12.0 Å². The molecular formula is C20H22N2O2. The Balaban J connectivity index is 2.48. The van der Waals surface area contributed by atoms with Crippen LogP contribution in [0.15, 0.2) is 60.7 Å². The maximum atomic E-state index is 11.8. The number of amides is 1. The molecule has 0 fully saturated rings. The van der Waals surface area contributed by atoms with Gasteiger partial charge in [0.2, 0.25) is 0 Å². The maximum absolute atomic E-state index is 11.8. The van der Waals surface area contributed by atoms with Gasteiger partial charge in [0.25, 0.3) is 0 Å². The molecule has 2 aromatic rings. The van der Waals surface area contributed by atoms with Crippen LogP contribution in [0.1, 0.15) is 24.5 Å². The lowest BCUT2D eigenvalue weighted by atomic mass is 9.71. The number of methoxy groups -OCH3 is 1. The van der Waals surface area contributed by atoms with Crippen LogP contribution in [-0.4, -0.2) is 31.2 Å². The van der Waals surface area contributed by atoms with E-state index in [0.717, 1.165) is 11.1 Å². The number of nitriles is 1. The van der Waals surface area contributed by atoms with Crippen LogP contribution < -0.4 is 0 Å². The average molecular weight is 322 g/mol. The van der Waals surface area contributed by atoms with Gasteiger partial charge in [-0.1, -0.05) is 60.7 Å². The van der Waals surface area contributed by atoms with Gasteiger partial charge in [0.1, 0.15) is 5.41 Å². The van der Waals surface area contributed by atoms with Gasteiger partial charge < -0.3 is 9.64 Å². The van der Waals surface area contributed by atoms with Gasteiger partial charge in [0, 0.05) is 13.1 Å². The van der Waals surface area contributed by atoms with Crippen LogP contribution in [0.3, 0.4) is 0 Å². The smallest absolute Gasteiger partial charge is 0.409 e. The monoisotopic (exact) mass is 322 g/mol. The van der Waals surface area contributed by atoms with Crippen molar-refractivity contribution in [2.24, 2.45) is 0 Å². The van der Waals surface area contributed by atoms with Crippen molar-refractivity contribution >= 4 is 6.09 Å². The van der Waals surface area contributed by atoms with Crippen LogP contribution in [0, 0.1) is 11.3 Å². The first-order valence-electron chi connectivity index (χ1n) is 7.88. The normalized spacial score (nSPS) is 12.1. The molecule has 2 aromatic carbocycles. The van der Waals surface area contributed by atoms with Crippen LogP contribution in [0.2, 0.25) is 0 Å². The molecule has 0 aromatic heterocycles. The third-order valence-electron chi connectivity index (χ3n) is 4.45. The lowest BCUT2D eigenvalue weighted by Gasteiger charge is -2.34.